The number of hydrogen-bond donors (Lipinski definition) is 0. The van der Waals surface area contributed by atoms with Gasteiger partial charge in [-0.15, -0.1) is 11.3 Å². The minimum atomic E-state index is -0.470. The Morgan fingerprint density at radius 3 is 2.79 bits per heavy atom. The van der Waals surface area contributed by atoms with Gasteiger partial charge in [-0.05, 0) is 19.4 Å². The van der Waals surface area contributed by atoms with Crippen molar-refractivity contribution in [2.75, 3.05) is 0 Å². The Bertz CT molecular complexity index is 1210. The summed E-state index contributed by atoms with van der Waals surface area (Å²) < 4.78 is 8.67. The van der Waals surface area contributed by atoms with E-state index in [1.165, 1.54) is 21.8 Å². The maximum Gasteiger partial charge on any atom is 0.342 e. The normalized spacial score (nSPS) is 11.1. The molecule has 0 unspecified atom stereocenters. The van der Waals surface area contributed by atoms with Crippen LogP contribution in [0.3, 0.4) is 0 Å². The number of aromatic nitrogens is 4. The summed E-state index contributed by atoms with van der Waals surface area (Å²) in [5.74, 6) is -0.470. The molecule has 1 aromatic carbocycles. The Labute approximate surface area is 164 Å². The van der Waals surface area contributed by atoms with Crippen molar-refractivity contribution in [3.05, 3.63) is 86.5 Å². The first kappa shape index (κ1) is 18.1. The topological polar surface area (TPSA) is 78.5 Å². The van der Waals surface area contributed by atoms with Crippen LogP contribution in [0.1, 0.15) is 33.0 Å². The Morgan fingerprint density at radius 2 is 2.00 bits per heavy atom. The van der Waals surface area contributed by atoms with Gasteiger partial charge in [-0.2, -0.15) is 5.10 Å². The first-order valence-electron chi connectivity index (χ1n) is 8.74. The molecule has 28 heavy (non-hydrogen) atoms. The van der Waals surface area contributed by atoms with E-state index in [4.69, 9.17) is 4.74 Å². The van der Waals surface area contributed by atoms with Crippen LogP contribution < -0.4 is 5.56 Å². The van der Waals surface area contributed by atoms with Crippen LogP contribution >= 0.6 is 11.3 Å². The van der Waals surface area contributed by atoms with Gasteiger partial charge in [-0.25, -0.2) is 9.78 Å². The largest absolute Gasteiger partial charge is 0.455 e. The summed E-state index contributed by atoms with van der Waals surface area (Å²) in [7, 11) is 0. The monoisotopic (exact) mass is 394 g/mol. The molecule has 0 atom stereocenters. The highest BCUT2D eigenvalue weighted by Crippen LogP contribution is 2.17. The van der Waals surface area contributed by atoms with Crippen LogP contribution in [0, 0.1) is 13.8 Å². The van der Waals surface area contributed by atoms with E-state index in [1.54, 1.807) is 23.2 Å². The summed E-state index contributed by atoms with van der Waals surface area (Å²) in [6.07, 6.45) is 1.67. The molecule has 0 aliphatic carbocycles. The van der Waals surface area contributed by atoms with Crippen LogP contribution in [0.2, 0.25) is 0 Å². The Morgan fingerprint density at radius 1 is 1.21 bits per heavy atom. The number of thiazole rings is 1. The lowest BCUT2D eigenvalue weighted by Crippen LogP contribution is -2.15. The number of carbonyl (C=O) groups is 1. The highest BCUT2D eigenvalue weighted by Gasteiger charge is 2.20. The molecule has 4 rings (SSSR count). The third-order valence-corrected chi connectivity index (χ3v) is 5.22. The number of aryl methyl sites for hydroxylation is 1. The van der Waals surface area contributed by atoms with Gasteiger partial charge in [0, 0.05) is 17.6 Å². The number of ether oxygens (including phenoxy) is 1. The van der Waals surface area contributed by atoms with E-state index in [2.05, 4.69) is 10.1 Å². The van der Waals surface area contributed by atoms with Gasteiger partial charge in [0.2, 0.25) is 0 Å². The highest BCUT2D eigenvalue weighted by molar-refractivity contribution is 7.15. The molecule has 4 aromatic rings. The predicted octanol–water partition coefficient (Wildman–Crippen LogP) is 2.97. The number of nitrogens with zero attached hydrogens (tertiary/aromatic N) is 4. The summed E-state index contributed by atoms with van der Waals surface area (Å²) in [5.41, 5.74) is 3.13. The fraction of sp³-hybridized carbons (Fsp3) is 0.200. The molecule has 3 heterocycles. The molecule has 0 bridgehead atoms. The van der Waals surface area contributed by atoms with E-state index in [0.29, 0.717) is 28.5 Å². The number of carbonyl (C=O) groups excluding carboxylic acids is 1. The Kier molecular flexibility index (Phi) is 4.79. The van der Waals surface area contributed by atoms with E-state index >= 15 is 0 Å². The van der Waals surface area contributed by atoms with E-state index in [1.807, 2.05) is 37.3 Å². The van der Waals surface area contributed by atoms with E-state index in [9.17, 15) is 9.59 Å². The van der Waals surface area contributed by atoms with Crippen LogP contribution in [0.5, 0.6) is 0 Å². The van der Waals surface area contributed by atoms with Gasteiger partial charge in [-0.1, -0.05) is 30.3 Å². The lowest BCUT2D eigenvalue weighted by molar-refractivity contribution is 0.0466. The summed E-state index contributed by atoms with van der Waals surface area (Å²) >= 11 is 1.35. The molecule has 0 saturated heterocycles. The number of hydrogen-bond acceptors (Lipinski definition) is 6. The molecular formula is C20H18N4O3S. The van der Waals surface area contributed by atoms with Crippen molar-refractivity contribution in [2.24, 2.45) is 0 Å². The number of rotatable bonds is 5. The molecule has 0 spiro atoms. The molecule has 0 amide bonds. The summed E-state index contributed by atoms with van der Waals surface area (Å²) in [4.78, 5) is 29.6. The average molecular weight is 394 g/mol. The molecule has 7 nitrogen and oxygen atoms in total. The lowest BCUT2D eigenvalue weighted by atomic mass is 10.2. The van der Waals surface area contributed by atoms with Gasteiger partial charge in [0.15, 0.2) is 4.96 Å². The lowest BCUT2D eigenvalue weighted by Gasteiger charge is -2.07. The molecule has 0 aliphatic heterocycles. The second-order valence-corrected chi connectivity index (χ2v) is 7.28. The molecule has 3 aromatic heterocycles. The number of benzene rings is 1. The van der Waals surface area contributed by atoms with Crippen molar-refractivity contribution < 1.29 is 9.53 Å². The minimum Gasteiger partial charge on any atom is -0.455 e. The van der Waals surface area contributed by atoms with Crippen LogP contribution in [-0.4, -0.2) is 25.1 Å². The fourth-order valence-electron chi connectivity index (χ4n) is 3.08. The zero-order chi connectivity index (χ0) is 19.7. The standard InChI is InChI=1S/C20H18N4O3S/c1-13-18(14(2)24(22-13)11-15-6-4-3-5-7-15)19(26)27-12-16-10-17(25)23-8-9-28-20(23)21-16/h3-10H,11-12H2,1-2H3. The van der Waals surface area contributed by atoms with Gasteiger partial charge in [0.1, 0.15) is 12.2 Å². The van der Waals surface area contributed by atoms with E-state index in [0.717, 1.165) is 11.3 Å². The van der Waals surface area contributed by atoms with Crippen molar-refractivity contribution >= 4 is 22.3 Å². The molecular weight excluding hydrogens is 376 g/mol. The number of esters is 1. The first-order chi connectivity index (χ1) is 13.5. The van der Waals surface area contributed by atoms with Crippen LogP contribution in [0.25, 0.3) is 4.96 Å². The third-order valence-electron chi connectivity index (χ3n) is 4.47. The minimum absolute atomic E-state index is 0.0643. The number of fused-ring (bicyclic) bond motifs is 1. The third kappa shape index (κ3) is 3.46. The Hall–Kier alpha value is -3.26. The molecule has 0 radical (unpaired) electrons. The van der Waals surface area contributed by atoms with Crippen molar-refractivity contribution in [3.63, 3.8) is 0 Å². The van der Waals surface area contributed by atoms with Crippen molar-refractivity contribution in [1.29, 1.82) is 0 Å². The first-order valence-corrected chi connectivity index (χ1v) is 9.62. The molecule has 0 saturated carbocycles. The zero-order valence-electron chi connectivity index (χ0n) is 15.5. The molecule has 0 fully saturated rings. The van der Waals surface area contributed by atoms with Gasteiger partial charge >= 0.3 is 5.97 Å². The second kappa shape index (κ2) is 7.40. The SMILES string of the molecule is Cc1nn(Cc2ccccc2)c(C)c1C(=O)OCc1cc(=O)n2ccsc2n1. The molecule has 142 valence electrons. The quantitative estimate of drug-likeness (QED) is 0.486. The van der Waals surface area contributed by atoms with Crippen LogP contribution in [0.4, 0.5) is 0 Å². The van der Waals surface area contributed by atoms with E-state index in [-0.39, 0.29) is 12.2 Å². The Balaban J connectivity index is 1.52. The van der Waals surface area contributed by atoms with Crippen LogP contribution in [-0.2, 0) is 17.9 Å². The second-order valence-electron chi connectivity index (χ2n) is 6.41. The molecule has 0 N–H and O–H groups in total. The summed E-state index contributed by atoms with van der Waals surface area (Å²) in [5, 5.41) is 6.26. The maximum atomic E-state index is 12.6. The maximum absolute atomic E-state index is 12.6. The van der Waals surface area contributed by atoms with Gasteiger partial charge in [-0.3, -0.25) is 13.9 Å². The average Bonchev–Trinajstić information content (AvgIpc) is 3.26. The van der Waals surface area contributed by atoms with Gasteiger partial charge in [0.25, 0.3) is 5.56 Å². The van der Waals surface area contributed by atoms with Gasteiger partial charge in [0.05, 0.1) is 23.6 Å². The van der Waals surface area contributed by atoms with Crippen molar-refractivity contribution in [2.45, 2.75) is 27.0 Å². The highest BCUT2D eigenvalue weighted by atomic mass is 32.1. The zero-order valence-corrected chi connectivity index (χ0v) is 16.3. The summed E-state index contributed by atoms with van der Waals surface area (Å²) in [6, 6.07) is 11.3. The smallest absolute Gasteiger partial charge is 0.342 e. The fourth-order valence-corrected chi connectivity index (χ4v) is 3.81. The summed E-state index contributed by atoms with van der Waals surface area (Å²) in [6.45, 7) is 4.15. The molecule has 8 heteroatoms. The van der Waals surface area contributed by atoms with Crippen LogP contribution in [0.15, 0.2) is 52.8 Å². The predicted molar refractivity (Wildman–Crippen MR) is 106 cm³/mol. The molecule has 0 aliphatic rings. The van der Waals surface area contributed by atoms with Gasteiger partial charge < -0.3 is 4.74 Å². The van der Waals surface area contributed by atoms with Crippen molar-refractivity contribution in [1.82, 2.24) is 19.2 Å². The van der Waals surface area contributed by atoms with Crippen molar-refractivity contribution in [3.8, 4) is 0 Å². The van der Waals surface area contributed by atoms with E-state index < -0.39 is 5.97 Å².